The van der Waals surface area contributed by atoms with Crippen molar-refractivity contribution in [3.63, 3.8) is 0 Å². The van der Waals surface area contributed by atoms with E-state index in [1.807, 2.05) is 6.92 Å². The number of rotatable bonds is 2. The molecule has 6 heteroatoms. The van der Waals surface area contributed by atoms with E-state index in [1.54, 1.807) is 12.1 Å². The van der Waals surface area contributed by atoms with Crippen LogP contribution in [0.1, 0.15) is 6.92 Å². The van der Waals surface area contributed by atoms with Crippen LogP contribution in [0.4, 0.5) is 11.4 Å². The van der Waals surface area contributed by atoms with Gasteiger partial charge in [-0.05, 0) is 19.1 Å². The first-order valence-corrected chi connectivity index (χ1v) is 4.92. The molecular formula is C10H12N4O2. The van der Waals surface area contributed by atoms with E-state index in [-0.39, 0.29) is 9.69 Å². The highest BCUT2D eigenvalue weighted by Crippen LogP contribution is 2.25. The summed E-state index contributed by atoms with van der Waals surface area (Å²) in [5.41, 5.74) is 7.01. The van der Waals surface area contributed by atoms with Crippen LogP contribution in [0, 0.1) is 10.4 Å². The summed E-state index contributed by atoms with van der Waals surface area (Å²) < 4.78 is 0. The number of benzene rings is 1. The summed E-state index contributed by atoms with van der Waals surface area (Å²) >= 11 is 0. The summed E-state index contributed by atoms with van der Waals surface area (Å²) in [7, 11) is 0. The van der Waals surface area contributed by atoms with Gasteiger partial charge in [0.25, 0.3) is 12.4 Å². The highest BCUT2D eigenvalue weighted by atomic mass is 16.6. The zero-order chi connectivity index (χ0) is 11.7. The predicted octanol–water partition coefficient (Wildman–Crippen LogP) is 0.121. The Morgan fingerprint density at radius 2 is 1.81 bits per heavy atom. The number of hydrogen-bond acceptors (Lipinski definition) is 4. The third-order valence-corrected chi connectivity index (χ3v) is 2.36. The molecule has 0 atom stereocenters. The molecule has 84 valence electrons. The van der Waals surface area contributed by atoms with Gasteiger partial charge in [0.05, 0.1) is 20.5 Å². The first-order valence-electron chi connectivity index (χ1n) is 4.92. The van der Waals surface area contributed by atoms with Gasteiger partial charge < -0.3 is 21.5 Å². The average molecular weight is 220 g/mol. The van der Waals surface area contributed by atoms with Gasteiger partial charge >= 0.3 is 0 Å². The molecule has 0 aliphatic carbocycles. The molecule has 0 aliphatic rings. The summed E-state index contributed by atoms with van der Waals surface area (Å²) in [5, 5.41) is 26.7. The van der Waals surface area contributed by atoms with Crippen LogP contribution in [0.2, 0.25) is 0 Å². The van der Waals surface area contributed by atoms with Crippen molar-refractivity contribution in [2.45, 2.75) is 6.92 Å². The number of anilines is 2. The Bertz CT molecular complexity index is 542. The zero-order valence-corrected chi connectivity index (χ0v) is 8.80. The van der Waals surface area contributed by atoms with Crippen LogP contribution in [-0.4, -0.2) is 6.54 Å². The highest BCUT2D eigenvalue weighted by Gasteiger charge is 2.13. The van der Waals surface area contributed by atoms with Crippen LogP contribution in [0.25, 0.3) is 10.8 Å². The van der Waals surface area contributed by atoms with Crippen LogP contribution in [0.3, 0.4) is 0 Å². The zero-order valence-electron chi connectivity index (χ0n) is 8.80. The topological polar surface area (TPSA) is 91.9 Å². The van der Waals surface area contributed by atoms with Crippen molar-refractivity contribution in [3.05, 3.63) is 34.9 Å². The number of fused-ring (bicyclic) bond motifs is 1. The number of nitrogens with one attached hydrogen (secondary N) is 1. The molecule has 0 spiro atoms. The smallest absolute Gasteiger partial charge is 0.263 e. The van der Waals surface area contributed by atoms with E-state index >= 15 is 0 Å². The maximum atomic E-state index is 11.2. The van der Waals surface area contributed by atoms with Gasteiger partial charge in [0.2, 0.25) is 0 Å². The van der Waals surface area contributed by atoms with Gasteiger partial charge in [-0.2, -0.15) is 0 Å². The average Bonchev–Trinajstić information content (AvgIpc) is 2.25. The van der Waals surface area contributed by atoms with E-state index in [2.05, 4.69) is 5.32 Å². The molecule has 0 saturated heterocycles. The number of nitrogens with two attached hydrogens (primary N) is 1. The number of nitrogens with zero attached hydrogens (tertiary/aromatic N) is 2. The molecular weight excluding hydrogens is 208 g/mol. The molecule has 6 nitrogen and oxygen atoms in total. The van der Waals surface area contributed by atoms with E-state index in [9.17, 15) is 10.4 Å². The second-order valence-corrected chi connectivity index (χ2v) is 3.42. The van der Waals surface area contributed by atoms with Crippen LogP contribution in [-0.2, 0) is 0 Å². The minimum absolute atomic E-state index is 0.203. The maximum Gasteiger partial charge on any atom is 0.263 e. The molecule has 0 saturated carbocycles. The Labute approximate surface area is 92.1 Å². The van der Waals surface area contributed by atoms with Crippen molar-refractivity contribution in [3.8, 4) is 0 Å². The lowest BCUT2D eigenvalue weighted by Crippen LogP contribution is -2.60. The van der Waals surface area contributed by atoms with E-state index in [0.29, 0.717) is 16.5 Å². The van der Waals surface area contributed by atoms with E-state index in [4.69, 9.17) is 5.73 Å². The van der Waals surface area contributed by atoms with Crippen LogP contribution in [0.5, 0.6) is 0 Å². The van der Waals surface area contributed by atoms with Gasteiger partial charge in [0, 0.05) is 17.9 Å². The van der Waals surface area contributed by atoms with Crippen molar-refractivity contribution >= 4 is 22.1 Å². The third kappa shape index (κ3) is 1.54. The van der Waals surface area contributed by atoms with Gasteiger partial charge in [-0.3, -0.25) is 0 Å². The Kier molecular flexibility index (Phi) is 2.40. The summed E-state index contributed by atoms with van der Waals surface area (Å²) in [4.78, 5) is 0.428. The Morgan fingerprint density at radius 1 is 1.19 bits per heavy atom. The van der Waals surface area contributed by atoms with Crippen LogP contribution < -0.4 is 20.7 Å². The Hall–Kier alpha value is -2.24. The summed E-state index contributed by atoms with van der Waals surface area (Å²) in [6.45, 7) is 2.67. The van der Waals surface area contributed by atoms with Crippen molar-refractivity contribution in [1.29, 1.82) is 0 Å². The van der Waals surface area contributed by atoms with Gasteiger partial charge in [-0.25, -0.2) is 0 Å². The van der Waals surface area contributed by atoms with Crippen LogP contribution >= 0.6 is 0 Å². The van der Waals surface area contributed by atoms with Gasteiger partial charge in [-0.1, -0.05) is 0 Å². The fourth-order valence-electron chi connectivity index (χ4n) is 1.62. The van der Waals surface area contributed by atoms with E-state index in [1.165, 1.54) is 12.4 Å². The lowest BCUT2D eigenvalue weighted by Gasteiger charge is -2.08. The lowest BCUT2D eigenvalue weighted by atomic mass is 10.1. The lowest BCUT2D eigenvalue weighted by molar-refractivity contribution is -1.19. The fourth-order valence-corrected chi connectivity index (χ4v) is 1.62. The standard InChI is InChI=1S/C10H12N4O2/c1-2-12-10-4-3-9(11)7-5-13(15)14(16)6-8(7)10/h3-6,12H,2,11H2,1H3. The normalized spacial score (nSPS) is 10.6. The summed E-state index contributed by atoms with van der Waals surface area (Å²) in [6.07, 6.45) is 2.40. The molecule has 0 radical (unpaired) electrons. The van der Waals surface area contributed by atoms with E-state index < -0.39 is 0 Å². The molecule has 3 N–H and O–H groups in total. The van der Waals surface area contributed by atoms with Gasteiger partial charge in [-0.15, -0.1) is 0 Å². The third-order valence-electron chi connectivity index (χ3n) is 2.36. The Morgan fingerprint density at radius 3 is 2.44 bits per heavy atom. The molecule has 1 aromatic carbocycles. The summed E-state index contributed by atoms with van der Waals surface area (Å²) in [5.74, 6) is 0. The molecule has 0 aliphatic heterocycles. The van der Waals surface area contributed by atoms with Crippen molar-refractivity contribution in [2.24, 2.45) is 0 Å². The SMILES string of the molecule is CCNc1ccc(N)c2c[n+]([O-])[n+]([O-])cc12. The molecule has 0 bridgehead atoms. The quantitative estimate of drug-likeness (QED) is 0.427. The number of nitrogen functional groups attached to an aromatic ring is 1. The molecule has 16 heavy (non-hydrogen) atoms. The second kappa shape index (κ2) is 3.73. The van der Waals surface area contributed by atoms with Gasteiger partial charge in [0.1, 0.15) is 0 Å². The molecule has 1 aromatic heterocycles. The molecule has 0 amide bonds. The van der Waals surface area contributed by atoms with Crippen molar-refractivity contribution in [1.82, 2.24) is 0 Å². The van der Waals surface area contributed by atoms with Crippen molar-refractivity contribution < 1.29 is 9.69 Å². The minimum Gasteiger partial charge on any atom is -0.561 e. The highest BCUT2D eigenvalue weighted by molar-refractivity contribution is 5.99. The monoisotopic (exact) mass is 220 g/mol. The largest absolute Gasteiger partial charge is 0.561 e. The Balaban J connectivity index is 2.76. The predicted molar refractivity (Wildman–Crippen MR) is 60.4 cm³/mol. The first-order chi connectivity index (χ1) is 7.63. The number of hydrogen-bond donors (Lipinski definition) is 2. The summed E-state index contributed by atoms with van der Waals surface area (Å²) in [6, 6.07) is 3.49. The molecule has 0 unspecified atom stereocenters. The van der Waals surface area contributed by atoms with E-state index in [0.717, 1.165) is 12.2 Å². The molecule has 0 fully saturated rings. The minimum atomic E-state index is 0.203. The second-order valence-electron chi connectivity index (χ2n) is 3.42. The fraction of sp³-hybridized carbons (Fsp3) is 0.200. The molecule has 2 rings (SSSR count). The number of aromatic nitrogens is 2. The molecule has 1 heterocycles. The first kappa shape index (κ1) is 10.3. The maximum absolute atomic E-state index is 11.2. The molecule has 2 aromatic rings. The van der Waals surface area contributed by atoms with Crippen molar-refractivity contribution in [2.75, 3.05) is 17.6 Å². The van der Waals surface area contributed by atoms with Gasteiger partial charge in [0.15, 0.2) is 0 Å². The van der Waals surface area contributed by atoms with Crippen LogP contribution in [0.15, 0.2) is 24.5 Å².